The van der Waals surface area contributed by atoms with Crippen molar-refractivity contribution in [3.8, 4) is 0 Å². The van der Waals surface area contributed by atoms with Crippen LogP contribution in [-0.2, 0) is 16.1 Å². The molecule has 1 aromatic heterocycles. The fourth-order valence-corrected chi connectivity index (χ4v) is 1.96. The summed E-state index contributed by atoms with van der Waals surface area (Å²) >= 11 is 0. The molecule has 2 N–H and O–H groups in total. The van der Waals surface area contributed by atoms with Gasteiger partial charge in [-0.2, -0.15) is 0 Å². The SMILES string of the molecule is CCc1cc(C=S(C)(N)=O)cc(C)n1. The van der Waals surface area contributed by atoms with Crippen molar-refractivity contribution in [2.24, 2.45) is 5.14 Å². The lowest BCUT2D eigenvalue weighted by Gasteiger charge is -2.02. The van der Waals surface area contributed by atoms with E-state index in [9.17, 15) is 4.21 Å². The van der Waals surface area contributed by atoms with Crippen molar-refractivity contribution in [3.05, 3.63) is 29.1 Å². The largest absolute Gasteiger partial charge is 0.259 e. The maximum Gasteiger partial charge on any atom is 0.0410 e. The topological polar surface area (TPSA) is 56.0 Å². The van der Waals surface area contributed by atoms with Crippen LogP contribution in [0, 0.1) is 6.92 Å². The molecule has 0 aliphatic rings. The Balaban J connectivity index is 3.24. The molecule has 0 aromatic carbocycles. The maximum atomic E-state index is 11.4. The molecule has 0 aliphatic heterocycles. The molecule has 1 aromatic rings. The smallest absolute Gasteiger partial charge is 0.0410 e. The highest BCUT2D eigenvalue weighted by Crippen LogP contribution is 2.04. The number of hydrogen-bond donors (Lipinski definition) is 1. The van der Waals surface area contributed by atoms with Crippen molar-refractivity contribution in [2.45, 2.75) is 20.3 Å². The lowest BCUT2D eigenvalue weighted by molar-refractivity contribution is 0.686. The van der Waals surface area contributed by atoms with E-state index in [2.05, 4.69) is 4.98 Å². The van der Waals surface area contributed by atoms with Crippen LogP contribution in [0.5, 0.6) is 0 Å². The van der Waals surface area contributed by atoms with Crippen LogP contribution in [0.2, 0.25) is 0 Å². The summed E-state index contributed by atoms with van der Waals surface area (Å²) in [6.45, 7) is 3.96. The molecule has 1 heterocycles. The van der Waals surface area contributed by atoms with Crippen LogP contribution >= 0.6 is 0 Å². The molecule has 4 heteroatoms. The van der Waals surface area contributed by atoms with Gasteiger partial charge in [0.1, 0.15) is 0 Å². The Bertz CT molecular complexity index is 437. The first-order valence-corrected chi connectivity index (χ1v) is 6.59. The number of rotatable bonds is 2. The summed E-state index contributed by atoms with van der Waals surface area (Å²) in [7, 11) is -2.32. The fourth-order valence-electron chi connectivity index (χ4n) is 1.29. The molecule has 0 spiro atoms. The second-order valence-electron chi connectivity index (χ2n) is 3.47. The van der Waals surface area contributed by atoms with Gasteiger partial charge in [0.25, 0.3) is 0 Å². The number of nitrogens with two attached hydrogens (primary N) is 1. The number of aryl methyl sites for hydroxylation is 2. The van der Waals surface area contributed by atoms with Crippen molar-refractivity contribution in [1.82, 2.24) is 4.98 Å². The Morgan fingerprint density at radius 3 is 2.71 bits per heavy atom. The Morgan fingerprint density at radius 2 is 2.21 bits per heavy atom. The summed E-state index contributed by atoms with van der Waals surface area (Å²) in [5, 5.41) is 7.06. The van der Waals surface area contributed by atoms with E-state index in [1.807, 2.05) is 26.0 Å². The highest BCUT2D eigenvalue weighted by Gasteiger charge is 1.98. The lowest BCUT2D eigenvalue weighted by atomic mass is 10.2. The Hall–Kier alpha value is -0.870. The van der Waals surface area contributed by atoms with Crippen molar-refractivity contribution in [1.29, 1.82) is 0 Å². The van der Waals surface area contributed by atoms with E-state index in [0.717, 1.165) is 23.4 Å². The van der Waals surface area contributed by atoms with E-state index in [-0.39, 0.29) is 0 Å². The summed E-state index contributed by atoms with van der Waals surface area (Å²) in [5.74, 6) is 0. The van der Waals surface area contributed by atoms with Gasteiger partial charge in [-0.05, 0) is 31.0 Å². The summed E-state index contributed by atoms with van der Waals surface area (Å²) in [6, 6.07) is 3.80. The normalized spacial score (nSPS) is 14.9. The third-order valence-corrected chi connectivity index (χ3v) is 2.50. The van der Waals surface area contributed by atoms with E-state index in [0.29, 0.717) is 0 Å². The fraction of sp³-hybridized carbons (Fsp3) is 0.400. The maximum absolute atomic E-state index is 11.4. The quantitative estimate of drug-likeness (QED) is 0.740. The average molecular weight is 212 g/mol. The molecule has 0 saturated carbocycles. The van der Waals surface area contributed by atoms with Crippen molar-refractivity contribution >= 4 is 15.1 Å². The molecule has 0 fully saturated rings. The van der Waals surface area contributed by atoms with Crippen LogP contribution in [0.4, 0.5) is 0 Å². The molecule has 0 radical (unpaired) electrons. The number of nitrogens with zero attached hydrogens (tertiary/aromatic N) is 1. The van der Waals surface area contributed by atoms with Gasteiger partial charge in [-0.1, -0.05) is 6.92 Å². The van der Waals surface area contributed by atoms with Crippen LogP contribution < -0.4 is 5.14 Å². The first kappa shape index (κ1) is 11.2. The van der Waals surface area contributed by atoms with Gasteiger partial charge in [-0.3, -0.25) is 14.3 Å². The van der Waals surface area contributed by atoms with Crippen LogP contribution in [0.1, 0.15) is 23.9 Å². The molecular weight excluding hydrogens is 196 g/mol. The zero-order valence-electron chi connectivity index (χ0n) is 8.78. The standard InChI is InChI=1S/C10H16N2OS/c1-4-10-6-9(5-8(2)12-10)7-14(3,11)13/h5-7H,4H2,1-3H3,(H2,11,13). The van der Waals surface area contributed by atoms with E-state index in [1.165, 1.54) is 6.26 Å². The van der Waals surface area contributed by atoms with Crippen LogP contribution in [0.15, 0.2) is 12.1 Å². The molecule has 0 bridgehead atoms. The first-order valence-electron chi connectivity index (χ1n) is 4.50. The zero-order chi connectivity index (χ0) is 10.8. The highest BCUT2D eigenvalue weighted by molar-refractivity contribution is 7.98. The van der Waals surface area contributed by atoms with Crippen LogP contribution in [0.25, 0.3) is 0 Å². The molecular formula is C10H16N2OS. The first-order chi connectivity index (χ1) is 6.40. The highest BCUT2D eigenvalue weighted by atomic mass is 32.2. The second-order valence-corrected chi connectivity index (χ2v) is 5.64. The van der Waals surface area contributed by atoms with Crippen molar-refractivity contribution in [2.75, 3.05) is 6.26 Å². The van der Waals surface area contributed by atoms with Gasteiger partial charge >= 0.3 is 0 Å². The molecule has 1 rings (SSSR count). The van der Waals surface area contributed by atoms with Gasteiger partial charge in [-0.25, -0.2) is 0 Å². The molecule has 0 amide bonds. The van der Waals surface area contributed by atoms with E-state index in [4.69, 9.17) is 5.14 Å². The van der Waals surface area contributed by atoms with Crippen LogP contribution in [0.3, 0.4) is 0 Å². The second kappa shape index (κ2) is 4.11. The Labute approximate surface area is 85.5 Å². The predicted octanol–water partition coefficient (Wildman–Crippen LogP) is 0.891. The monoisotopic (exact) mass is 212 g/mol. The van der Waals surface area contributed by atoms with E-state index in [1.54, 1.807) is 5.37 Å². The summed E-state index contributed by atoms with van der Waals surface area (Å²) < 4.78 is 11.4. The van der Waals surface area contributed by atoms with Crippen molar-refractivity contribution < 1.29 is 4.21 Å². The Morgan fingerprint density at radius 1 is 1.57 bits per heavy atom. The number of aromatic nitrogens is 1. The molecule has 0 aliphatic carbocycles. The number of hydrogen-bond acceptors (Lipinski definition) is 2. The average Bonchev–Trinajstić information content (AvgIpc) is 1.99. The molecule has 3 nitrogen and oxygen atoms in total. The summed E-state index contributed by atoms with van der Waals surface area (Å²) in [4.78, 5) is 4.33. The van der Waals surface area contributed by atoms with Gasteiger partial charge in [0.15, 0.2) is 0 Å². The van der Waals surface area contributed by atoms with Gasteiger partial charge in [0.05, 0.1) is 0 Å². The van der Waals surface area contributed by atoms with E-state index >= 15 is 0 Å². The molecule has 0 saturated heterocycles. The van der Waals surface area contributed by atoms with Gasteiger partial charge < -0.3 is 0 Å². The van der Waals surface area contributed by atoms with Gasteiger partial charge in [0, 0.05) is 32.7 Å². The minimum absolute atomic E-state index is 0.873. The minimum atomic E-state index is -2.32. The number of pyridine rings is 1. The zero-order valence-corrected chi connectivity index (χ0v) is 9.60. The summed E-state index contributed by atoms with van der Waals surface area (Å²) in [5.41, 5.74) is 2.82. The van der Waals surface area contributed by atoms with Gasteiger partial charge in [-0.15, -0.1) is 0 Å². The molecule has 14 heavy (non-hydrogen) atoms. The molecule has 1 atom stereocenters. The van der Waals surface area contributed by atoms with Gasteiger partial charge in [0.2, 0.25) is 0 Å². The third-order valence-electron chi connectivity index (χ3n) is 1.76. The predicted molar refractivity (Wildman–Crippen MR) is 61.8 cm³/mol. The summed E-state index contributed by atoms with van der Waals surface area (Å²) in [6.07, 6.45) is 2.40. The van der Waals surface area contributed by atoms with Crippen molar-refractivity contribution in [3.63, 3.8) is 0 Å². The Kier molecular flexibility index (Phi) is 3.29. The van der Waals surface area contributed by atoms with Crippen LogP contribution in [-0.4, -0.2) is 20.8 Å². The molecule has 78 valence electrons. The van der Waals surface area contributed by atoms with E-state index < -0.39 is 9.71 Å². The third kappa shape index (κ3) is 3.47. The minimum Gasteiger partial charge on any atom is -0.259 e. The lowest BCUT2D eigenvalue weighted by Crippen LogP contribution is -2.13. The molecule has 1 unspecified atom stereocenters.